The van der Waals surface area contributed by atoms with Gasteiger partial charge in [0.1, 0.15) is 0 Å². The van der Waals surface area contributed by atoms with Crippen molar-refractivity contribution in [1.82, 2.24) is 0 Å². The van der Waals surface area contributed by atoms with E-state index in [1.165, 1.54) is 27.8 Å². The molecule has 0 aromatic heterocycles. The van der Waals surface area contributed by atoms with Crippen LogP contribution in [-0.2, 0) is 30.4 Å². The van der Waals surface area contributed by atoms with E-state index in [1.54, 1.807) is 5.57 Å². The van der Waals surface area contributed by atoms with Crippen molar-refractivity contribution in [2.24, 2.45) is 0 Å². The van der Waals surface area contributed by atoms with Crippen molar-refractivity contribution in [3.05, 3.63) is 64.7 Å². The van der Waals surface area contributed by atoms with Gasteiger partial charge < -0.3 is 24.8 Å². The normalized spacial score (nSPS) is 20.3. The molecule has 2 aromatic carbocycles. The Labute approximate surface area is 184 Å². The van der Waals surface area contributed by atoms with E-state index in [0.29, 0.717) is 7.44 Å². The van der Waals surface area contributed by atoms with Crippen molar-refractivity contribution in [2.75, 3.05) is 0 Å². The van der Waals surface area contributed by atoms with Crippen LogP contribution in [0.3, 0.4) is 0 Å². The van der Waals surface area contributed by atoms with Crippen molar-refractivity contribution in [3.8, 4) is 11.1 Å². The summed E-state index contributed by atoms with van der Waals surface area (Å²) in [6.07, 6.45) is 3.61. The maximum absolute atomic E-state index is 6.04. The summed E-state index contributed by atoms with van der Waals surface area (Å²) in [6.45, 7) is 11.4. The zero-order chi connectivity index (χ0) is 17.8. The number of halogens is 2. The van der Waals surface area contributed by atoms with E-state index in [1.807, 2.05) is 0 Å². The molecule has 4 heteroatoms. The maximum atomic E-state index is 6.04. The van der Waals surface area contributed by atoms with Crippen LogP contribution in [0.5, 0.6) is 0 Å². The van der Waals surface area contributed by atoms with E-state index in [-0.39, 0.29) is 30.2 Å². The molecule has 1 fully saturated rings. The van der Waals surface area contributed by atoms with Gasteiger partial charge >= 0.3 is 161 Å². The average molecular weight is 482 g/mol. The molecule has 1 aliphatic heterocycles. The fourth-order valence-electron chi connectivity index (χ4n) is 3.98. The second-order valence-electron chi connectivity index (χ2n) is 8.30. The largest absolute Gasteiger partial charge is 1.00 e. The summed E-state index contributed by atoms with van der Waals surface area (Å²) in [6, 6.07) is 16.0. The van der Waals surface area contributed by atoms with Crippen molar-refractivity contribution in [2.45, 2.75) is 53.9 Å². The number of rotatable bonds is 3. The molecule has 1 aliphatic carbocycles. The standard InChI is InChI=1S/C21H23.C2H4O.2ClH.Zr/c1-5-15-13-17-7-6-8-19(20(17)14-15)16-9-11-18(12-10-16)21(2,3)4;1-2-3;;;/h6-14H,5H2,1-4H3;2H,1H3;2*1H;/q;-1;;;+3/p-2. The molecule has 4 rings (SSSR count). The predicted octanol–water partition coefficient (Wildman–Crippen LogP) is 0.417. The fourth-order valence-corrected chi connectivity index (χ4v) is 10.3. The van der Waals surface area contributed by atoms with E-state index in [4.69, 9.17) is 2.81 Å². The van der Waals surface area contributed by atoms with Gasteiger partial charge in [0, 0.05) is 0 Å². The maximum Gasteiger partial charge on any atom is -1.00 e. The van der Waals surface area contributed by atoms with Crippen molar-refractivity contribution >= 4 is 6.08 Å². The van der Waals surface area contributed by atoms with Crippen LogP contribution in [-0.4, -0.2) is 3.81 Å². The second-order valence-corrected chi connectivity index (χ2v) is 14.3. The molecule has 2 aliphatic rings. The molecular formula is C23H27Cl2OZr. The van der Waals surface area contributed by atoms with Crippen molar-refractivity contribution in [1.29, 1.82) is 0 Å². The van der Waals surface area contributed by atoms with Crippen LogP contribution in [0.1, 0.15) is 61.4 Å². The van der Waals surface area contributed by atoms with E-state index >= 15 is 0 Å². The van der Waals surface area contributed by atoms with Crippen molar-refractivity contribution in [3.63, 3.8) is 0 Å². The Balaban J connectivity index is 0.00000131. The Hall–Kier alpha value is -0.397. The van der Waals surface area contributed by atoms with E-state index in [0.717, 1.165) is 6.42 Å². The van der Waals surface area contributed by atoms with Crippen LogP contribution < -0.4 is 24.8 Å². The molecular weight excluding hydrogens is 454 g/mol. The Morgan fingerprint density at radius 3 is 2.15 bits per heavy atom. The van der Waals surface area contributed by atoms with Crippen LogP contribution in [0, 0.1) is 0 Å². The Morgan fingerprint density at radius 2 is 1.63 bits per heavy atom. The number of hydrogen-bond acceptors (Lipinski definition) is 1. The van der Waals surface area contributed by atoms with E-state index < -0.39 is 22.2 Å². The molecule has 0 spiro atoms. The number of hydrogen-bond donors (Lipinski definition) is 0. The first-order valence-electron chi connectivity index (χ1n) is 9.38. The van der Waals surface area contributed by atoms with Gasteiger partial charge in [0.05, 0.1) is 0 Å². The van der Waals surface area contributed by atoms with Gasteiger partial charge in [-0.1, -0.05) is 0 Å². The molecule has 0 saturated carbocycles. The number of allylic oxidation sites excluding steroid dienone is 1. The first-order valence-corrected chi connectivity index (χ1v) is 13.2. The molecule has 1 saturated heterocycles. The third-order valence-electron chi connectivity index (χ3n) is 5.56. The molecule has 2 aromatic rings. The number of fused-ring (bicyclic) bond motifs is 1. The predicted molar refractivity (Wildman–Crippen MR) is 102 cm³/mol. The molecule has 0 radical (unpaired) electrons. The summed E-state index contributed by atoms with van der Waals surface area (Å²) in [7, 11) is 0. The minimum Gasteiger partial charge on any atom is -1.00 e. The Morgan fingerprint density at radius 1 is 1.00 bits per heavy atom. The Kier molecular flexibility index (Phi) is 7.24. The van der Waals surface area contributed by atoms with Crippen molar-refractivity contribution < 1.29 is 49.8 Å². The zero-order valence-corrected chi connectivity index (χ0v) is 20.6. The second kappa shape index (κ2) is 8.54. The van der Waals surface area contributed by atoms with Gasteiger partial charge in [-0.15, -0.1) is 0 Å². The van der Waals surface area contributed by atoms with Gasteiger partial charge in [-0.25, -0.2) is 0 Å². The van der Waals surface area contributed by atoms with Gasteiger partial charge in [0.25, 0.3) is 0 Å². The summed E-state index contributed by atoms with van der Waals surface area (Å²) in [5.41, 5.74) is 8.89. The third-order valence-corrected chi connectivity index (χ3v) is 11.9. The molecule has 0 amide bonds. The van der Waals surface area contributed by atoms with Crippen LogP contribution >= 0.6 is 0 Å². The quantitative estimate of drug-likeness (QED) is 0.579. The first kappa shape index (κ1) is 22.9. The third kappa shape index (κ3) is 4.30. The monoisotopic (exact) mass is 479 g/mol. The first-order chi connectivity index (χ1) is 11.9. The molecule has 1 nitrogen and oxygen atoms in total. The van der Waals surface area contributed by atoms with Gasteiger partial charge in [0.2, 0.25) is 0 Å². The van der Waals surface area contributed by atoms with Gasteiger partial charge in [-0.3, -0.25) is 0 Å². The molecule has 27 heavy (non-hydrogen) atoms. The number of benzene rings is 2. The molecule has 0 bridgehead atoms. The Bertz CT molecular complexity index is 836. The molecule has 143 valence electrons. The van der Waals surface area contributed by atoms with Crippen LogP contribution in [0.4, 0.5) is 0 Å². The van der Waals surface area contributed by atoms with Gasteiger partial charge in [0.15, 0.2) is 0 Å². The molecule has 2 unspecified atom stereocenters. The minimum absolute atomic E-state index is 0. The van der Waals surface area contributed by atoms with Crippen LogP contribution in [0.2, 0.25) is 0 Å². The van der Waals surface area contributed by atoms with Gasteiger partial charge in [-0.05, 0) is 0 Å². The SMILES string of the molecule is CCC1=Cc2c(-c3ccc(C(C)(C)C)cc3)cccc2[CH]1[Zr+2]1[O][CH]1C.[Cl-].[Cl-]. The summed E-state index contributed by atoms with van der Waals surface area (Å²) in [4.78, 5) is 0. The topological polar surface area (TPSA) is 12.5 Å². The average Bonchev–Trinajstić information content (AvgIpc) is 3.18. The molecule has 1 heterocycles. The minimum atomic E-state index is -1.70. The van der Waals surface area contributed by atoms with E-state index in [9.17, 15) is 0 Å². The summed E-state index contributed by atoms with van der Waals surface area (Å²) in [5.74, 6) is 0. The molecule has 0 N–H and O–H groups in total. The smallest absolute Gasteiger partial charge is 1.00 e. The van der Waals surface area contributed by atoms with Crippen LogP contribution in [0.25, 0.3) is 17.2 Å². The molecule has 2 atom stereocenters. The summed E-state index contributed by atoms with van der Waals surface area (Å²) in [5, 5.41) is 0. The summed E-state index contributed by atoms with van der Waals surface area (Å²) < 4.78 is 7.28. The fraction of sp³-hybridized carbons (Fsp3) is 0.391. The van der Waals surface area contributed by atoms with Crippen LogP contribution in [0.15, 0.2) is 48.0 Å². The van der Waals surface area contributed by atoms with Gasteiger partial charge in [-0.2, -0.15) is 0 Å². The zero-order valence-electron chi connectivity index (χ0n) is 16.6. The summed E-state index contributed by atoms with van der Waals surface area (Å²) >= 11 is -1.70. The van der Waals surface area contributed by atoms with E-state index in [2.05, 4.69) is 83.2 Å².